The van der Waals surface area contributed by atoms with E-state index < -0.39 is 0 Å². The first kappa shape index (κ1) is 20.1. The third kappa shape index (κ3) is 5.44. The third-order valence-corrected chi connectivity index (χ3v) is 5.42. The molecule has 0 spiro atoms. The molecule has 0 aliphatic heterocycles. The second-order valence-corrected chi connectivity index (χ2v) is 8.43. The summed E-state index contributed by atoms with van der Waals surface area (Å²) in [6, 6.07) is 17.9. The van der Waals surface area contributed by atoms with Gasteiger partial charge in [0.15, 0.2) is 0 Å². The fraction of sp³-hybridized carbons (Fsp3) is 0.136. The Balaban J connectivity index is 1.78. The van der Waals surface area contributed by atoms with E-state index in [9.17, 15) is 0 Å². The average molecular weight is 508 g/mol. The van der Waals surface area contributed by atoms with E-state index in [0.717, 1.165) is 37.1 Å². The lowest BCUT2D eigenvalue weighted by Crippen LogP contribution is -1.97. The van der Waals surface area contributed by atoms with Gasteiger partial charge in [-0.25, -0.2) is 0 Å². The van der Waals surface area contributed by atoms with Gasteiger partial charge >= 0.3 is 0 Å². The number of hydrogen-bond acceptors (Lipinski definition) is 2. The molecule has 3 rings (SSSR count). The maximum Gasteiger partial charge on any atom is 0.148 e. The summed E-state index contributed by atoms with van der Waals surface area (Å²) in [4.78, 5) is 4.63. The first-order chi connectivity index (χ1) is 12.9. The molecule has 3 aromatic carbocycles. The summed E-state index contributed by atoms with van der Waals surface area (Å²) in [5.74, 6) is 0.749. The normalized spacial score (nSPS) is 11.1. The molecule has 2 nitrogen and oxygen atoms in total. The predicted octanol–water partition coefficient (Wildman–Crippen LogP) is 7.81. The molecule has 5 heteroatoms. The molecule has 0 N–H and O–H groups in total. The molecule has 0 bridgehead atoms. The Morgan fingerprint density at radius 3 is 2.44 bits per heavy atom. The highest BCUT2D eigenvalue weighted by Crippen LogP contribution is 2.35. The van der Waals surface area contributed by atoms with Crippen LogP contribution < -0.4 is 4.74 Å². The van der Waals surface area contributed by atoms with Crippen molar-refractivity contribution < 1.29 is 4.74 Å². The van der Waals surface area contributed by atoms with Crippen LogP contribution in [0.5, 0.6) is 5.75 Å². The Labute approximate surface area is 181 Å². The summed E-state index contributed by atoms with van der Waals surface area (Å²) in [6.45, 7) is 4.57. The van der Waals surface area contributed by atoms with Crippen molar-refractivity contribution in [2.24, 2.45) is 4.99 Å². The fourth-order valence-electron chi connectivity index (χ4n) is 2.58. The van der Waals surface area contributed by atoms with Crippen LogP contribution in [-0.4, -0.2) is 6.21 Å². The smallest absolute Gasteiger partial charge is 0.148 e. The van der Waals surface area contributed by atoms with Gasteiger partial charge in [-0.1, -0.05) is 35.9 Å². The molecule has 0 aliphatic rings. The molecule has 0 fully saturated rings. The lowest BCUT2D eigenvalue weighted by atomic mass is 10.1. The molecule has 0 saturated carbocycles. The molecule has 0 atom stereocenters. The van der Waals surface area contributed by atoms with Crippen LogP contribution in [0.15, 0.2) is 68.5 Å². The number of ether oxygens (including phenoxy) is 1. The van der Waals surface area contributed by atoms with Crippen LogP contribution in [-0.2, 0) is 6.61 Å². The summed E-state index contributed by atoms with van der Waals surface area (Å²) in [6.07, 6.45) is 1.86. The van der Waals surface area contributed by atoms with E-state index in [4.69, 9.17) is 16.3 Å². The van der Waals surface area contributed by atoms with Crippen LogP contribution in [0, 0.1) is 13.8 Å². The van der Waals surface area contributed by atoms with Gasteiger partial charge in [0.2, 0.25) is 0 Å². The van der Waals surface area contributed by atoms with E-state index in [0.29, 0.717) is 11.6 Å². The van der Waals surface area contributed by atoms with Crippen LogP contribution in [0.25, 0.3) is 0 Å². The number of hydrogen-bond donors (Lipinski definition) is 0. The monoisotopic (exact) mass is 505 g/mol. The first-order valence-electron chi connectivity index (χ1n) is 8.40. The van der Waals surface area contributed by atoms with Crippen LogP contribution in [0.3, 0.4) is 0 Å². The molecule has 138 valence electrons. The highest BCUT2D eigenvalue weighted by atomic mass is 79.9. The zero-order chi connectivity index (χ0) is 19.4. The lowest BCUT2D eigenvalue weighted by Gasteiger charge is -2.11. The lowest BCUT2D eigenvalue weighted by molar-refractivity contribution is 0.302. The number of halogens is 3. The maximum absolute atomic E-state index is 6.03. The Morgan fingerprint density at radius 1 is 1.00 bits per heavy atom. The Bertz CT molecular complexity index is 978. The summed E-state index contributed by atoms with van der Waals surface area (Å²) >= 11 is 13.2. The van der Waals surface area contributed by atoms with Crippen molar-refractivity contribution >= 4 is 55.4 Å². The van der Waals surface area contributed by atoms with Crippen molar-refractivity contribution in [1.29, 1.82) is 0 Å². The first-order valence-corrected chi connectivity index (χ1v) is 10.4. The van der Waals surface area contributed by atoms with Gasteiger partial charge in [-0.15, -0.1) is 0 Å². The minimum Gasteiger partial charge on any atom is -0.487 e. The summed E-state index contributed by atoms with van der Waals surface area (Å²) in [5, 5.41) is 0.701. The summed E-state index contributed by atoms with van der Waals surface area (Å²) in [5.41, 5.74) is 5.31. The summed E-state index contributed by atoms with van der Waals surface area (Å²) < 4.78 is 7.69. The number of aryl methyl sites for hydroxylation is 2. The SMILES string of the molecule is Cc1ccc(C)c(N=Cc2cc(Br)c(OCc3cccc(Cl)c3)c(Br)c2)c1. The van der Waals surface area contributed by atoms with Gasteiger partial charge in [-0.2, -0.15) is 0 Å². The topological polar surface area (TPSA) is 21.6 Å². The molecule has 0 amide bonds. The van der Waals surface area contributed by atoms with Crippen molar-refractivity contribution in [2.75, 3.05) is 0 Å². The maximum atomic E-state index is 6.03. The molecule has 0 radical (unpaired) electrons. The highest BCUT2D eigenvalue weighted by Gasteiger charge is 2.09. The van der Waals surface area contributed by atoms with Crippen molar-refractivity contribution in [2.45, 2.75) is 20.5 Å². The van der Waals surface area contributed by atoms with E-state index in [2.05, 4.69) is 68.9 Å². The summed E-state index contributed by atoms with van der Waals surface area (Å²) in [7, 11) is 0. The van der Waals surface area contributed by atoms with E-state index in [1.54, 1.807) is 0 Å². The number of benzene rings is 3. The van der Waals surface area contributed by atoms with Crippen LogP contribution in [0.2, 0.25) is 5.02 Å². The Kier molecular flexibility index (Phi) is 6.74. The van der Waals surface area contributed by atoms with Gasteiger partial charge in [0.05, 0.1) is 14.6 Å². The minimum atomic E-state index is 0.438. The van der Waals surface area contributed by atoms with Crippen molar-refractivity contribution in [3.63, 3.8) is 0 Å². The number of nitrogens with zero attached hydrogens (tertiary/aromatic N) is 1. The van der Waals surface area contributed by atoms with E-state index >= 15 is 0 Å². The third-order valence-electron chi connectivity index (χ3n) is 4.01. The largest absolute Gasteiger partial charge is 0.487 e. The van der Waals surface area contributed by atoms with Crippen molar-refractivity contribution in [3.8, 4) is 5.75 Å². The molecular weight excluding hydrogens is 490 g/mol. The van der Waals surface area contributed by atoms with Gasteiger partial charge in [-0.3, -0.25) is 4.99 Å². The quantitative estimate of drug-likeness (QED) is 0.323. The molecule has 3 aromatic rings. The number of aliphatic imine (C=N–C) groups is 1. The van der Waals surface area contributed by atoms with Gasteiger partial charge in [-0.05, 0) is 98.3 Å². The molecular formula is C22H18Br2ClNO. The van der Waals surface area contributed by atoms with Crippen LogP contribution in [0.4, 0.5) is 5.69 Å². The number of rotatable bonds is 5. The fourth-order valence-corrected chi connectivity index (χ4v) is 4.24. The van der Waals surface area contributed by atoms with Crippen LogP contribution in [0.1, 0.15) is 22.3 Å². The van der Waals surface area contributed by atoms with Gasteiger partial charge in [0, 0.05) is 11.2 Å². The van der Waals surface area contributed by atoms with Crippen molar-refractivity contribution in [3.05, 3.63) is 90.8 Å². The van der Waals surface area contributed by atoms with Gasteiger partial charge in [0.25, 0.3) is 0 Å². The Hall–Kier alpha value is -1.62. The van der Waals surface area contributed by atoms with Gasteiger partial charge < -0.3 is 4.74 Å². The van der Waals surface area contributed by atoms with Crippen LogP contribution >= 0.6 is 43.5 Å². The van der Waals surface area contributed by atoms with Crippen molar-refractivity contribution in [1.82, 2.24) is 0 Å². The Morgan fingerprint density at radius 2 is 1.74 bits per heavy atom. The molecule has 27 heavy (non-hydrogen) atoms. The zero-order valence-electron chi connectivity index (χ0n) is 15.0. The molecule has 0 unspecified atom stereocenters. The van der Waals surface area contributed by atoms with E-state index in [1.165, 1.54) is 5.56 Å². The molecule has 0 heterocycles. The molecule has 0 aliphatic carbocycles. The standard InChI is InChI=1S/C22H18Br2ClNO/c1-14-6-7-15(2)21(8-14)26-12-17-10-19(23)22(20(24)11-17)27-13-16-4-3-5-18(25)9-16/h3-12H,13H2,1-2H3. The second-order valence-electron chi connectivity index (χ2n) is 6.28. The minimum absolute atomic E-state index is 0.438. The van der Waals surface area contributed by atoms with Gasteiger partial charge in [0.1, 0.15) is 12.4 Å². The van der Waals surface area contributed by atoms with E-state index in [-0.39, 0.29) is 0 Å². The molecule has 0 aromatic heterocycles. The average Bonchev–Trinajstić information content (AvgIpc) is 2.62. The van der Waals surface area contributed by atoms with E-state index in [1.807, 2.05) is 42.6 Å². The highest BCUT2D eigenvalue weighted by molar-refractivity contribution is 9.11. The second kappa shape index (κ2) is 9.05. The zero-order valence-corrected chi connectivity index (χ0v) is 18.9. The predicted molar refractivity (Wildman–Crippen MR) is 121 cm³/mol. The molecule has 0 saturated heterocycles.